The van der Waals surface area contributed by atoms with Gasteiger partial charge in [-0.15, -0.1) is 30.6 Å². The molecule has 0 spiro atoms. The van der Waals surface area contributed by atoms with Gasteiger partial charge < -0.3 is 10.6 Å². The molecule has 1 rings (SSSR count). The van der Waals surface area contributed by atoms with E-state index in [1.165, 1.54) is 32.1 Å². The Kier molecular flexibility index (Phi) is 10.5. The lowest BCUT2D eigenvalue weighted by Crippen LogP contribution is -2.40. The van der Waals surface area contributed by atoms with Crippen LogP contribution in [0.25, 0.3) is 0 Å². The van der Waals surface area contributed by atoms with Crippen LogP contribution in [0.3, 0.4) is 0 Å². The first-order valence-corrected chi connectivity index (χ1v) is 6.85. The van der Waals surface area contributed by atoms with Crippen molar-refractivity contribution in [2.24, 2.45) is 16.8 Å². The normalized spacial score (nSPS) is 24.0. The summed E-state index contributed by atoms with van der Waals surface area (Å²) >= 11 is 0. The maximum atomic E-state index is 4.19. The van der Waals surface area contributed by atoms with E-state index in [1.54, 1.807) is 0 Å². The minimum Gasteiger partial charge on any atom is -0.356 e. The standard InChI is InChI=1S/C14H27N3.HI/c1-4-10-16-14(15-3)17-11-13-8-6-12(5-2)7-9-13;/h4,12-13H,1,5-11H2,2-3H3,(H2,15,16,17);1H. The monoisotopic (exact) mass is 365 g/mol. The molecule has 0 bridgehead atoms. The van der Waals surface area contributed by atoms with Crippen molar-refractivity contribution in [2.75, 3.05) is 20.1 Å². The zero-order chi connectivity index (χ0) is 12.5. The molecule has 0 saturated heterocycles. The lowest BCUT2D eigenvalue weighted by atomic mass is 9.81. The first-order chi connectivity index (χ1) is 8.30. The molecule has 1 saturated carbocycles. The molecule has 0 radical (unpaired) electrons. The Labute approximate surface area is 129 Å². The van der Waals surface area contributed by atoms with Crippen LogP contribution in [0.4, 0.5) is 0 Å². The van der Waals surface area contributed by atoms with Gasteiger partial charge >= 0.3 is 0 Å². The van der Waals surface area contributed by atoms with Gasteiger partial charge in [-0.2, -0.15) is 0 Å². The maximum Gasteiger partial charge on any atom is 0.191 e. The van der Waals surface area contributed by atoms with Crippen molar-refractivity contribution in [3.05, 3.63) is 12.7 Å². The summed E-state index contributed by atoms with van der Waals surface area (Å²) in [6, 6.07) is 0. The van der Waals surface area contributed by atoms with E-state index in [2.05, 4.69) is 29.1 Å². The molecule has 3 nitrogen and oxygen atoms in total. The smallest absolute Gasteiger partial charge is 0.191 e. The van der Waals surface area contributed by atoms with E-state index in [0.29, 0.717) is 0 Å². The molecule has 1 aliphatic carbocycles. The van der Waals surface area contributed by atoms with E-state index in [9.17, 15) is 0 Å². The van der Waals surface area contributed by atoms with E-state index in [0.717, 1.165) is 30.9 Å². The largest absolute Gasteiger partial charge is 0.356 e. The van der Waals surface area contributed by atoms with Gasteiger partial charge in [-0.05, 0) is 24.7 Å². The van der Waals surface area contributed by atoms with Gasteiger partial charge in [-0.1, -0.05) is 32.3 Å². The van der Waals surface area contributed by atoms with Crippen LogP contribution in [0, 0.1) is 11.8 Å². The van der Waals surface area contributed by atoms with Crippen molar-refractivity contribution in [3.8, 4) is 0 Å². The Morgan fingerprint density at radius 2 is 1.83 bits per heavy atom. The molecular formula is C14H28IN3. The Balaban J connectivity index is 0.00000289. The zero-order valence-electron chi connectivity index (χ0n) is 11.7. The molecule has 1 aliphatic rings. The number of guanidine groups is 1. The number of halogens is 1. The summed E-state index contributed by atoms with van der Waals surface area (Å²) in [4.78, 5) is 4.19. The second-order valence-electron chi connectivity index (χ2n) is 4.92. The summed E-state index contributed by atoms with van der Waals surface area (Å²) in [6.45, 7) is 7.81. The fourth-order valence-corrected chi connectivity index (χ4v) is 2.47. The zero-order valence-corrected chi connectivity index (χ0v) is 14.1. The number of aliphatic imine (C=N–C) groups is 1. The summed E-state index contributed by atoms with van der Waals surface area (Å²) in [7, 11) is 1.81. The number of nitrogens with zero attached hydrogens (tertiary/aromatic N) is 1. The highest BCUT2D eigenvalue weighted by atomic mass is 127. The number of hydrogen-bond donors (Lipinski definition) is 2. The molecule has 18 heavy (non-hydrogen) atoms. The first-order valence-electron chi connectivity index (χ1n) is 6.85. The van der Waals surface area contributed by atoms with Crippen molar-refractivity contribution in [1.82, 2.24) is 10.6 Å². The fraction of sp³-hybridized carbons (Fsp3) is 0.786. The quantitative estimate of drug-likeness (QED) is 0.340. The van der Waals surface area contributed by atoms with Gasteiger partial charge in [0.15, 0.2) is 5.96 Å². The molecule has 0 aromatic carbocycles. The molecule has 0 aliphatic heterocycles. The lowest BCUT2D eigenvalue weighted by molar-refractivity contribution is 0.269. The van der Waals surface area contributed by atoms with Crippen LogP contribution in [-0.2, 0) is 0 Å². The SMILES string of the molecule is C=CCNC(=NC)NCC1CCC(CC)CC1.I. The van der Waals surface area contributed by atoms with Crippen LogP contribution in [0.2, 0.25) is 0 Å². The Morgan fingerprint density at radius 3 is 2.33 bits per heavy atom. The maximum absolute atomic E-state index is 4.19. The third kappa shape index (κ3) is 6.61. The Morgan fingerprint density at radius 1 is 1.22 bits per heavy atom. The van der Waals surface area contributed by atoms with E-state index in [1.807, 2.05) is 13.1 Å². The van der Waals surface area contributed by atoms with Gasteiger partial charge in [0.25, 0.3) is 0 Å². The van der Waals surface area contributed by atoms with E-state index in [-0.39, 0.29) is 24.0 Å². The van der Waals surface area contributed by atoms with E-state index in [4.69, 9.17) is 0 Å². The molecule has 0 unspecified atom stereocenters. The van der Waals surface area contributed by atoms with Crippen molar-refractivity contribution in [1.29, 1.82) is 0 Å². The minimum absolute atomic E-state index is 0. The van der Waals surface area contributed by atoms with Crippen LogP contribution in [0.1, 0.15) is 39.0 Å². The third-order valence-electron chi connectivity index (χ3n) is 3.74. The summed E-state index contributed by atoms with van der Waals surface area (Å²) in [5, 5.41) is 6.60. The molecule has 106 valence electrons. The third-order valence-corrected chi connectivity index (χ3v) is 3.74. The van der Waals surface area contributed by atoms with Gasteiger partial charge in [-0.3, -0.25) is 4.99 Å². The molecule has 0 aromatic rings. The molecule has 0 aromatic heterocycles. The Hall–Kier alpha value is -0.260. The van der Waals surface area contributed by atoms with Crippen LogP contribution in [-0.4, -0.2) is 26.1 Å². The highest BCUT2D eigenvalue weighted by Crippen LogP contribution is 2.29. The van der Waals surface area contributed by atoms with Crippen molar-refractivity contribution >= 4 is 29.9 Å². The van der Waals surface area contributed by atoms with Crippen molar-refractivity contribution in [2.45, 2.75) is 39.0 Å². The van der Waals surface area contributed by atoms with Crippen LogP contribution in [0.15, 0.2) is 17.6 Å². The molecular weight excluding hydrogens is 337 g/mol. The van der Waals surface area contributed by atoms with Crippen molar-refractivity contribution < 1.29 is 0 Å². The van der Waals surface area contributed by atoms with Gasteiger partial charge in [0.1, 0.15) is 0 Å². The molecule has 1 fully saturated rings. The van der Waals surface area contributed by atoms with Crippen LogP contribution >= 0.6 is 24.0 Å². The average molecular weight is 365 g/mol. The van der Waals surface area contributed by atoms with Gasteiger partial charge in [0.05, 0.1) is 0 Å². The van der Waals surface area contributed by atoms with Crippen LogP contribution in [0.5, 0.6) is 0 Å². The second kappa shape index (κ2) is 10.6. The predicted octanol–water partition coefficient (Wildman–Crippen LogP) is 3.17. The van der Waals surface area contributed by atoms with Crippen molar-refractivity contribution in [3.63, 3.8) is 0 Å². The molecule has 4 heteroatoms. The average Bonchev–Trinajstić information content (AvgIpc) is 2.39. The molecule has 2 N–H and O–H groups in total. The molecule has 0 atom stereocenters. The predicted molar refractivity (Wildman–Crippen MR) is 90.7 cm³/mol. The second-order valence-corrected chi connectivity index (χ2v) is 4.92. The topological polar surface area (TPSA) is 36.4 Å². The van der Waals surface area contributed by atoms with Crippen LogP contribution < -0.4 is 10.6 Å². The molecule has 0 heterocycles. The first kappa shape index (κ1) is 17.7. The summed E-state index contributed by atoms with van der Waals surface area (Å²) in [5.74, 6) is 2.69. The van der Waals surface area contributed by atoms with E-state index < -0.39 is 0 Å². The summed E-state index contributed by atoms with van der Waals surface area (Å²) in [6.07, 6.45) is 8.74. The molecule has 0 amide bonds. The van der Waals surface area contributed by atoms with Gasteiger partial charge in [-0.25, -0.2) is 0 Å². The Bertz CT molecular complexity index is 245. The minimum atomic E-state index is 0. The summed E-state index contributed by atoms with van der Waals surface area (Å²) < 4.78 is 0. The lowest BCUT2D eigenvalue weighted by Gasteiger charge is -2.28. The van der Waals surface area contributed by atoms with E-state index >= 15 is 0 Å². The number of nitrogens with one attached hydrogen (secondary N) is 2. The van der Waals surface area contributed by atoms with Gasteiger partial charge in [0.2, 0.25) is 0 Å². The summed E-state index contributed by atoms with van der Waals surface area (Å²) in [5.41, 5.74) is 0. The number of hydrogen-bond acceptors (Lipinski definition) is 1. The van der Waals surface area contributed by atoms with Gasteiger partial charge in [0, 0.05) is 20.1 Å². The highest BCUT2D eigenvalue weighted by Gasteiger charge is 2.19. The fourth-order valence-electron chi connectivity index (χ4n) is 2.47. The number of rotatable bonds is 5. The highest BCUT2D eigenvalue weighted by molar-refractivity contribution is 14.0.